The van der Waals surface area contributed by atoms with Crippen LogP contribution in [0.15, 0.2) is 12.7 Å². The van der Waals surface area contributed by atoms with E-state index in [-0.39, 0.29) is 6.04 Å². The summed E-state index contributed by atoms with van der Waals surface area (Å²) in [5.74, 6) is 0.621. The van der Waals surface area contributed by atoms with Gasteiger partial charge < -0.3 is 5.32 Å². The number of rotatable bonds is 4. The molecule has 3 unspecified atom stereocenters. The van der Waals surface area contributed by atoms with Crippen molar-refractivity contribution in [1.82, 2.24) is 5.32 Å². The monoisotopic (exact) mass is 297 g/mol. The van der Waals surface area contributed by atoms with Crippen molar-refractivity contribution in [2.75, 3.05) is 0 Å². The first-order valence-electron chi connectivity index (χ1n) is 5.83. The number of allylic oxidation sites excluding steroid dienone is 1. The average Bonchev–Trinajstić information content (AvgIpc) is 2.64. The molecule has 0 heterocycles. The molecular formula is C12H18Cl3NO. The fourth-order valence-corrected chi connectivity index (χ4v) is 2.47. The largest absolute Gasteiger partial charge is 0.350 e. The van der Waals surface area contributed by atoms with Crippen LogP contribution in [-0.4, -0.2) is 15.7 Å². The summed E-state index contributed by atoms with van der Waals surface area (Å²) in [6.45, 7) is 5.93. The third kappa shape index (κ3) is 5.07. The third-order valence-corrected chi connectivity index (χ3v) is 3.76. The van der Waals surface area contributed by atoms with Gasteiger partial charge in [-0.1, -0.05) is 47.8 Å². The van der Waals surface area contributed by atoms with Gasteiger partial charge in [-0.25, -0.2) is 0 Å². The minimum Gasteiger partial charge on any atom is -0.350 e. The summed E-state index contributed by atoms with van der Waals surface area (Å²) in [6, 6.07) is 0.139. The van der Waals surface area contributed by atoms with Crippen molar-refractivity contribution in [2.24, 2.45) is 11.8 Å². The van der Waals surface area contributed by atoms with E-state index < -0.39 is 9.70 Å². The predicted octanol–water partition coefficient (Wildman–Crippen LogP) is 3.85. The number of hydrogen-bond acceptors (Lipinski definition) is 1. The second-order valence-corrected chi connectivity index (χ2v) is 7.08. The summed E-state index contributed by atoms with van der Waals surface area (Å²) in [5.41, 5.74) is 0. The molecule has 3 atom stereocenters. The van der Waals surface area contributed by atoms with Crippen molar-refractivity contribution in [3.05, 3.63) is 12.7 Å². The van der Waals surface area contributed by atoms with Crippen molar-refractivity contribution in [2.45, 2.75) is 42.4 Å². The number of alkyl halides is 3. The van der Waals surface area contributed by atoms with Crippen molar-refractivity contribution in [3.63, 3.8) is 0 Å². The van der Waals surface area contributed by atoms with Gasteiger partial charge in [0.15, 0.2) is 0 Å². The Kier molecular flexibility index (Phi) is 5.62. The number of carbonyl (C=O) groups is 1. The van der Waals surface area contributed by atoms with Gasteiger partial charge in [0.2, 0.25) is 0 Å². The maximum atomic E-state index is 11.5. The average molecular weight is 299 g/mol. The van der Waals surface area contributed by atoms with Crippen LogP contribution in [0.2, 0.25) is 0 Å². The zero-order valence-corrected chi connectivity index (χ0v) is 12.2. The van der Waals surface area contributed by atoms with E-state index in [9.17, 15) is 4.79 Å². The van der Waals surface area contributed by atoms with Crippen molar-refractivity contribution in [3.8, 4) is 0 Å². The lowest BCUT2D eigenvalue weighted by Gasteiger charge is -2.17. The van der Waals surface area contributed by atoms with Crippen LogP contribution < -0.4 is 5.32 Å². The summed E-state index contributed by atoms with van der Waals surface area (Å²) in [5, 5.41) is 2.78. The van der Waals surface area contributed by atoms with Gasteiger partial charge in [0.25, 0.3) is 9.70 Å². The highest BCUT2D eigenvalue weighted by Crippen LogP contribution is 2.32. The first-order chi connectivity index (χ1) is 7.82. The Morgan fingerprint density at radius 2 is 2.18 bits per heavy atom. The van der Waals surface area contributed by atoms with Gasteiger partial charge in [0.1, 0.15) is 0 Å². The SMILES string of the molecule is C=CC(C)CC1CCC(NC(=O)C(Cl)(Cl)Cl)C1. The number of nitrogens with one attached hydrogen (secondary N) is 1. The van der Waals surface area contributed by atoms with E-state index >= 15 is 0 Å². The van der Waals surface area contributed by atoms with Crippen molar-refractivity contribution < 1.29 is 4.79 Å². The molecular weight excluding hydrogens is 280 g/mol. The van der Waals surface area contributed by atoms with E-state index in [4.69, 9.17) is 34.8 Å². The predicted molar refractivity (Wildman–Crippen MR) is 73.5 cm³/mol. The number of hydrogen-bond donors (Lipinski definition) is 1. The standard InChI is InChI=1S/C12H18Cl3NO/c1-3-8(2)6-9-4-5-10(7-9)16-11(17)12(13,14)15/h3,8-10H,1,4-7H2,2H3,(H,16,17). The summed E-state index contributed by atoms with van der Waals surface area (Å²) in [4.78, 5) is 11.5. The van der Waals surface area contributed by atoms with Gasteiger partial charge >= 0.3 is 0 Å². The smallest absolute Gasteiger partial charge is 0.272 e. The second kappa shape index (κ2) is 6.31. The first-order valence-corrected chi connectivity index (χ1v) is 6.96. The lowest BCUT2D eigenvalue weighted by atomic mass is 9.94. The van der Waals surface area contributed by atoms with E-state index in [1.54, 1.807) is 0 Å². The van der Waals surface area contributed by atoms with Crippen LogP contribution in [0.25, 0.3) is 0 Å². The molecule has 1 rings (SSSR count). The molecule has 2 nitrogen and oxygen atoms in total. The summed E-state index contributed by atoms with van der Waals surface area (Å²) in [7, 11) is 0. The first kappa shape index (κ1) is 15.1. The van der Waals surface area contributed by atoms with Crippen LogP contribution in [-0.2, 0) is 4.79 Å². The molecule has 1 fully saturated rings. The lowest BCUT2D eigenvalue weighted by Crippen LogP contribution is -2.40. The zero-order valence-electron chi connectivity index (χ0n) is 9.89. The van der Waals surface area contributed by atoms with Gasteiger partial charge in [0, 0.05) is 6.04 Å². The molecule has 1 aliphatic rings. The van der Waals surface area contributed by atoms with Gasteiger partial charge in [-0.3, -0.25) is 4.79 Å². The van der Waals surface area contributed by atoms with Gasteiger partial charge in [-0.15, -0.1) is 6.58 Å². The molecule has 0 aromatic carbocycles. The fraction of sp³-hybridized carbons (Fsp3) is 0.750. The van der Waals surface area contributed by atoms with Crippen LogP contribution in [0.3, 0.4) is 0 Å². The summed E-state index contributed by atoms with van der Waals surface area (Å²) in [6.07, 6.45) is 6.12. The normalized spacial score (nSPS) is 26.6. The Balaban J connectivity index is 2.36. The molecule has 0 aromatic heterocycles. The highest BCUT2D eigenvalue weighted by atomic mass is 35.6. The Bertz CT molecular complexity index is 288. The molecule has 5 heteroatoms. The molecule has 1 N–H and O–H groups in total. The maximum absolute atomic E-state index is 11.5. The molecule has 0 aromatic rings. The third-order valence-electron chi connectivity index (χ3n) is 3.24. The van der Waals surface area contributed by atoms with Crippen molar-refractivity contribution >= 4 is 40.7 Å². The van der Waals surface area contributed by atoms with Crippen LogP contribution in [0.4, 0.5) is 0 Å². The van der Waals surface area contributed by atoms with Crippen LogP contribution in [0.5, 0.6) is 0 Å². The van der Waals surface area contributed by atoms with Gasteiger partial charge in [-0.05, 0) is 37.5 Å². The molecule has 1 saturated carbocycles. The minimum atomic E-state index is -1.85. The topological polar surface area (TPSA) is 29.1 Å². The van der Waals surface area contributed by atoms with Gasteiger partial charge in [-0.2, -0.15) is 0 Å². The number of halogens is 3. The van der Waals surface area contributed by atoms with E-state index in [0.717, 1.165) is 25.7 Å². The number of carbonyl (C=O) groups excluding carboxylic acids is 1. The van der Waals surface area contributed by atoms with Crippen LogP contribution in [0, 0.1) is 11.8 Å². The highest BCUT2D eigenvalue weighted by molar-refractivity contribution is 6.76. The maximum Gasteiger partial charge on any atom is 0.272 e. The van der Waals surface area contributed by atoms with E-state index in [0.29, 0.717) is 11.8 Å². The summed E-state index contributed by atoms with van der Waals surface area (Å²) < 4.78 is -1.85. The minimum absolute atomic E-state index is 0.139. The fourth-order valence-electron chi connectivity index (χ4n) is 2.31. The van der Waals surface area contributed by atoms with Crippen molar-refractivity contribution in [1.29, 1.82) is 0 Å². The second-order valence-electron chi connectivity index (χ2n) is 4.80. The molecule has 1 amide bonds. The molecule has 0 spiro atoms. The Labute approximate surface area is 118 Å². The molecule has 0 saturated heterocycles. The molecule has 1 aliphatic carbocycles. The molecule has 0 aliphatic heterocycles. The Morgan fingerprint density at radius 3 is 2.71 bits per heavy atom. The van der Waals surface area contributed by atoms with E-state index in [1.165, 1.54) is 0 Å². The quantitative estimate of drug-likeness (QED) is 0.620. The summed E-state index contributed by atoms with van der Waals surface area (Å²) >= 11 is 16.5. The van der Waals surface area contributed by atoms with E-state index in [2.05, 4.69) is 18.8 Å². The van der Waals surface area contributed by atoms with Gasteiger partial charge in [0.05, 0.1) is 0 Å². The molecule has 98 valence electrons. The Hall–Kier alpha value is 0.0800. The number of amides is 1. The van der Waals surface area contributed by atoms with E-state index in [1.807, 2.05) is 6.08 Å². The highest BCUT2D eigenvalue weighted by Gasteiger charge is 2.34. The zero-order chi connectivity index (χ0) is 13.1. The van der Waals surface area contributed by atoms with Crippen LogP contribution in [0.1, 0.15) is 32.6 Å². The molecule has 0 bridgehead atoms. The molecule has 17 heavy (non-hydrogen) atoms. The Morgan fingerprint density at radius 1 is 1.53 bits per heavy atom. The van der Waals surface area contributed by atoms with Crippen LogP contribution >= 0.6 is 34.8 Å². The molecule has 0 radical (unpaired) electrons. The lowest BCUT2D eigenvalue weighted by molar-refractivity contribution is -0.120.